The fourth-order valence-corrected chi connectivity index (χ4v) is 3.97. The lowest BCUT2D eigenvalue weighted by atomic mass is 9.99. The summed E-state index contributed by atoms with van der Waals surface area (Å²) in [5.74, 6) is 2.99. The van der Waals surface area contributed by atoms with E-state index in [9.17, 15) is 4.79 Å². The van der Waals surface area contributed by atoms with Gasteiger partial charge in [0.15, 0.2) is 0 Å². The number of aromatic nitrogens is 1. The number of ether oxygens (including phenoxy) is 2. The average Bonchev–Trinajstić information content (AvgIpc) is 3.44. The molecule has 1 fully saturated rings. The molecule has 2 heterocycles. The van der Waals surface area contributed by atoms with Gasteiger partial charge < -0.3 is 18.8 Å². The summed E-state index contributed by atoms with van der Waals surface area (Å²) in [5, 5.41) is 0. The quantitative estimate of drug-likeness (QED) is 0.430. The van der Waals surface area contributed by atoms with Crippen molar-refractivity contribution >= 4 is 6.09 Å². The van der Waals surface area contributed by atoms with Crippen LogP contribution in [0.25, 0.3) is 11.5 Å². The van der Waals surface area contributed by atoms with Crippen LogP contribution in [0, 0.1) is 18.8 Å². The topological polar surface area (TPSA) is 64.8 Å². The Bertz CT molecular complexity index is 1040. The minimum Gasteiger partial charge on any atom is -0.487 e. The van der Waals surface area contributed by atoms with E-state index < -0.39 is 0 Å². The SMILES string of the molecule is Cc1oc(-c2ccccc2)nc1COc1ccc(C[C@H]2CCN(C(=O)OCC(C)C)C2)cc1. The van der Waals surface area contributed by atoms with E-state index in [-0.39, 0.29) is 6.09 Å². The molecule has 6 heteroatoms. The second-order valence-corrected chi connectivity index (χ2v) is 9.10. The number of benzene rings is 2. The van der Waals surface area contributed by atoms with Crippen LogP contribution in [0.2, 0.25) is 0 Å². The number of carbonyl (C=O) groups is 1. The summed E-state index contributed by atoms with van der Waals surface area (Å²) >= 11 is 0. The first-order valence-corrected chi connectivity index (χ1v) is 11.6. The van der Waals surface area contributed by atoms with Crippen LogP contribution in [0.15, 0.2) is 59.0 Å². The molecule has 1 aromatic heterocycles. The molecule has 0 unspecified atom stereocenters. The second-order valence-electron chi connectivity index (χ2n) is 9.10. The van der Waals surface area contributed by atoms with Crippen LogP contribution < -0.4 is 4.74 Å². The van der Waals surface area contributed by atoms with Crippen LogP contribution in [0.5, 0.6) is 5.75 Å². The van der Waals surface area contributed by atoms with Gasteiger partial charge in [0.05, 0.1) is 6.61 Å². The highest BCUT2D eigenvalue weighted by atomic mass is 16.6. The number of rotatable bonds is 8. The first-order chi connectivity index (χ1) is 16.0. The lowest BCUT2D eigenvalue weighted by molar-refractivity contribution is 0.0984. The molecule has 0 saturated carbocycles. The number of oxazole rings is 1. The molecule has 0 aliphatic carbocycles. The second kappa shape index (κ2) is 10.6. The Morgan fingerprint density at radius 3 is 2.64 bits per heavy atom. The average molecular weight is 449 g/mol. The fraction of sp³-hybridized carbons (Fsp3) is 0.407. The van der Waals surface area contributed by atoms with Crippen LogP contribution in [-0.2, 0) is 17.8 Å². The Balaban J connectivity index is 1.26. The van der Waals surface area contributed by atoms with Crippen molar-refractivity contribution in [3.05, 3.63) is 71.6 Å². The molecular weight excluding hydrogens is 416 g/mol. The predicted molar refractivity (Wildman–Crippen MR) is 127 cm³/mol. The number of amides is 1. The molecule has 1 aliphatic heterocycles. The van der Waals surface area contributed by atoms with E-state index in [1.54, 1.807) is 0 Å². The van der Waals surface area contributed by atoms with Crippen molar-refractivity contribution < 1.29 is 18.7 Å². The highest BCUT2D eigenvalue weighted by Crippen LogP contribution is 2.25. The van der Waals surface area contributed by atoms with E-state index >= 15 is 0 Å². The first-order valence-electron chi connectivity index (χ1n) is 11.6. The minimum atomic E-state index is -0.187. The van der Waals surface area contributed by atoms with Gasteiger partial charge in [-0.15, -0.1) is 0 Å². The molecule has 2 aromatic carbocycles. The van der Waals surface area contributed by atoms with Gasteiger partial charge in [-0.3, -0.25) is 0 Å². The van der Waals surface area contributed by atoms with Gasteiger partial charge in [0.25, 0.3) is 0 Å². The van der Waals surface area contributed by atoms with Crippen molar-refractivity contribution in [2.75, 3.05) is 19.7 Å². The van der Waals surface area contributed by atoms with Crippen molar-refractivity contribution in [2.24, 2.45) is 11.8 Å². The van der Waals surface area contributed by atoms with Crippen molar-refractivity contribution in [3.63, 3.8) is 0 Å². The van der Waals surface area contributed by atoms with Crippen LogP contribution in [0.1, 0.15) is 37.3 Å². The number of aryl methyl sites for hydroxylation is 1. The van der Waals surface area contributed by atoms with Crippen LogP contribution in [-0.4, -0.2) is 35.7 Å². The van der Waals surface area contributed by atoms with Gasteiger partial charge in [0, 0.05) is 18.7 Å². The zero-order chi connectivity index (χ0) is 23.2. The minimum absolute atomic E-state index is 0.187. The maximum atomic E-state index is 12.2. The number of nitrogens with zero attached hydrogens (tertiary/aromatic N) is 2. The van der Waals surface area contributed by atoms with Crippen molar-refractivity contribution in [3.8, 4) is 17.2 Å². The highest BCUT2D eigenvalue weighted by Gasteiger charge is 2.27. The Labute approximate surface area is 195 Å². The summed E-state index contributed by atoms with van der Waals surface area (Å²) in [6.45, 7) is 8.35. The molecule has 1 atom stereocenters. The zero-order valence-corrected chi connectivity index (χ0v) is 19.6. The molecule has 1 amide bonds. The van der Waals surface area contributed by atoms with Crippen LogP contribution in [0.3, 0.4) is 0 Å². The van der Waals surface area contributed by atoms with Gasteiger partial charge in [-0.25, -0.2) is 9.78 Å². The molecule has 6 nitrogen and oxygen atoms in total. The summed E-state index contributed by atoms with van der Waals surface area (Å²) in [7, 11) is 0. The number of carbonyl (C=O) groups excluding carboxylic acids is 1. The monoisotopic (exact) mass is 448 g/mol. The maximum Gasteiger partial charge on any atom is 0.409 e. The molecule has 174 valence electrons. The van der Waals surface area contributed by atoms with Crippen LogP contribution >= 0.6 is 0 Å². The molecule has 4 rings (SSSR count). The molecule has 3 aromatic rings. The first kappa shape index (κ1) is 22.9. The summed E-state index contributed by atoms with van der Waals surface area (Å²) in [4.78, 5) is 18.6. The molecule has 0 spiro atoms. The van der Waals surface area contributed by atoms with Gasteiger partial charge >= 0.3 is 6.09 Å². The lowest BCUT2D eigenvalue weighted by Gasteiger charge is -2.17. The molecule has 1 saturated heterocycles. The van der Waals surface area contributed by atoms with Crippen LogP contribution in [0.4, 0.5) is 4.79 Å². The highest BCUT2D eigenvalue weighted by molar-refractivity contribution is 5.68. The molecule has 0 radical (unpaired) electrons. The maximum absolute atomic E-state index is 12.2. The number of hydrogen-bond acceptors (Lipinski definition) is 5. The Kier molecular flexibility index (Phi) is 7.33. The van der Waals surface area contributed by atoms with Gasteiger partial charge in [-0.05, 0) is 61.4 Å². The van der Waals surface area contributed by atoms with Crippen molar-refractivity contribution in [1.29, 1.82) is 0 Å². The number of hydrogen-bond donors (Lipinski definition) is 0. The molecule has 1 aliphatic rings. The summed E-state index contributed by atoms with van der Waals surface area (Å²) in [6, 6.07) is 18.0. The van der Waals surface area contributed by atoms with Gasteiger partial charge in [-0.2, -0.15) is 0 Å². The van der Waals surface area contributed by atoms with Gasteiger partial charge in [-0.1, -0.05) is 44.2 Å². The predicted octanol–water partition coefficient (Wildman–Crippen LogP) is 5.89. The Morgan fingerprint density at radius 1 is 1.15 bits per heavy atom. The zero-order valence-electron chi connectivity index (χ0n) is 19.6. The summed E-state index contributed by atoms with van der Waals surface area (Å²) < 4.78 is 17.1. The van der Waals surface area contributed by atoms with E-state index in [4.69, 9.17) is 13.9 Å². The van der Waals surface area contributed by atoms with Crippen molar-refractivity contribution in [1.82, 2.24) is 9.88 Å². The standard InChI is InChI=1S/C27H32N2O4/c1-19(2)17-32-27(30)29-14-13-22(16-29)15-21-9-11-24(12-10-21)31-18-25-20(3)33-26(28-25)23-7-5-4-6-8-23/h4-12,19,22H,13-18H2,1-3H3/t22-/m1/s1. The molecule has 0 bridgehead atoms. The summed E-state index contributed by atoms with van der Waals surface area (Å²) in [5.41, 5.74) is 3.00. The molecule has 33 heavy (non-hydrogen) atoms. The van der Waals surface area contributed by atoms with Crippen molar-refractivity contribution in [2.45, 2.75) is 40.2 Å². The van der Waals surface area contributed by atoms with E-state index in [1.165, 1.54) is 5.56 Å². The smallest absolute Gasteiger partial charge is 0.409 e. The largest absolute Gasteiger partial charge is 0.487 e. The summed E-state index contributed by atoms with van der Waals surface area (Å²) in [6.07, 6.45) is 1.76. The fourth-order valence-electron chi connectivity index (χ4n) is 3.97. The van der Waals surface area contributed by atoms with Gasteiger partial charge in [0.1, 0.15) is 23.8 Å². The third-order valence-electron chi connectivity index (χ3n) is 5.82. The molecule has 0 N–H and O–H groups in total. The number of likely N-dealkylation sites (tertiary alicyclic amines) is 1. The third-order valence-corrected chi connectivity index (χ3v) is 5.82. The lowest BCUT2D eigenvalue weighted by Crippen LogP contribution is -2.30. The molecular formula is C27H32N2O4. The Morgan fingerprint density at radius 2 is 1.91 bits per heavy atom. The van der Waals surface area contributed by atoms with E-state index in [1.807, 2.05) is 68.1 Å². The van der Waals surface area contributed by atoms with E-state index in [0.29, 0.717) is 30.9 Å². The normalized spacial score (nSPS) is 15.8. The Hall–Kier alpha value is -3.28. The third kappa shape index (κ3) is 6.15. The van der Waals surface area contributed by atoms with E-state index in [0.717, 1.165) is 48.7 Å². The van der Waals surface area contributed by atoms with E-state index in [2.05, 4.69) is 17.1 Å². The van der Waals surface area contributed by atoms with Gasteiger partial charge in [0.2, 0.25) is 5.89 Å².